The summed E-state index contributed by atoms with van der Waals surface area (Å²) >= 11 is 1.84. The number of benzene rings is 1. The van der Waals surface area contributed by atoms with E-state index in [9.17, 15) is 19.5 Å². The van der Waals surface area contributed by atoms with E-state index in [0.717, 1.165) is 36.3 Å². The number of rotatable bonds is 8. The summed E-state index contributed by atoms with van der Waals surface area (Å²) in [6.07, 6.45) is 4.06. The van der Waals surface area contributed by atoms with Crippen LogP contribution in [0.1, 0.15) is 44.6 Å². The number of carbonyl (C=O) groups is 3. The molecule has 1 fully saturated rings. The Morgan fingerprint density at radius 2 is 1.90 bits per heavy atom. The van der Waals surface area contributed by atoms with Crippen molar-refractivity contribution in [2.75, 3.05) is 25.2 Å². The fraction of sp³-hybridized carbons (Fsp3) is 0.609. The quantitative estimate of drug-likeness (QED) is 0.588. The molecule has 0 aliphatic carbocycles. The second-order valence-electron chi connectivity index (χ2n) is 7.84. The number of aliphatic carboxylic acids is 1. The topological polar surface area (TPSA) is 95.9 Å². The maximum atomic E-state index is 13.2. The number of amides is 1. The number of aryl methyl sites for hydroxylation is 1. The highest BCUT2D eigenvalue weighted by molar-refractivity contribution is 7.99. The zero-order valence-corrected chi connectivity index (χ0v) is 19.2. The number of thioether (sulfide) groups is 1. The average molecular weight is 451 g/mol. The van der Waals surface area contributed by atoms with Gasteiger partial charge in [-0.1, -0.05) is 30.3 Å². The zero-order chi connectivity index (χ0) is 22.6. The van der Waals surface area contributed by atoms with Gasteiger partial charge in [0.25, 0.3) is 0 Å². The lowest BCUT2D eigenvalue weighted by Gasteiger charge is -2.33. The summed E-state index contributed by atoms with van der Waals surface area (Å²) in [7, 11) is 1.33. The molecule has 1 amide bonds. The van der Waals surface area contributed by atoms with Crippen molar-refractivity contribution in [3.63, 3.8) is 0 Å². The fourth-order valence-electron chi connectivity index (χ4n) is 3.79. The van der Waals surface area contributed by atoms with Gasteiger partial charge in [-0.2, -0.15) is 11.8 Å². The first-order chi connectivity index (χ1) is 14.9. The van der Waals surface area contributed by atoms with Crippen LogP contribution in [0.25, 0.3) is 0 Å². The maximum absolute atomic E-state index is 13.2. The van der Waals surface area contributed by atoms with Gasteiger partial charge in [0.05, 0.1) is 13.2 Å². The number of esters is 1. The normalized spacial score (nSPS) is 19.8. The van der Waals surface area contributed by atoms with Gasteiger partial charge in [-0.15, -0.1) is 0 Å². The first kappa shape index (κ1) is 25.2. The number of carboxylic acids is 1. The van der Waals surface area contributed by atoms with E-state index in [1.807, 2.05) is 42.1 Å². The second kappa shape index (κ2) is 13.4. The van der Waals surface area contributed by atoms with E-state index in [-0.39, 0.29) is 5.91 Å². The monoisotopic (exact) mass is 450 g/mol. The Morgan fingerprint density at radius 1 is 1.19 bits per heavy atom. The maximum Gasteiger partial charge on any atom is 0.326 e. The number of hydrogen-bond donors (Lipinski definition) is 2. The van der Waals surface area contributed by atoms with E-state index in [1.165, 1.54) is 12.0 Å². The lowest BCUT2D eigenvalue weighted by molar-refractivity contribution is -0.152. The van der Waals surface area contributed by atoms with Gasteiger partial charge in [-0.05, 0) is 62.5 Å². The van der Waals surface area contributed by atoms with E-state index in [1.54, 1.807) is 6.92 Å². The first-order valence-electron chi connectivity index (χ1n) is 10.9. The molecular formula is C23H34N2O5S. The summed E-state index contributed by atoms with van der Waals surface area (Å²) in [6, 6.07) is 7.62. The lowest BCUT2D eigenvalue weighted by atomic mass is 10.0. The molecule has 2 N–H and O–H groups in total. The van der Waals surface area contributed by atoms with Gasteiger partial charge in [0.1, 0.15) is 12.1 Å². The third-order valence-corrected chi connectivity index (χ3v) is 6.67. The number of hydrogen-bond acceptors (Lipinski definition) is 6. The Labute approximate surface area is 188 Å². The molecule has 2 rings (SSSR count). The number of nitrogens with one attached hydrogen (secondary N) is 1. The summed E-state index contributed by atoms with van der Waals surface area (Å²) in [5.41, 5.74) is 1.09. The Kier molecular flexibility index (Phi) is 10.9. The standard InChI is InChI=1S/C23H34N2O5S/c1-17(24-19(23(29)30-2)13-12-18-9-4-3-5-10-18)21(26)25-14-6-7-15-31-16-8-11-20(25)22(27)28/h3-5,9-10,17,19-20,24H,6-8,11-16H2,1-2H3,(H,27,28)/t17?,19-,20-/m0/s1. The van der Waals surface area contributed by atoms with Gasteiger partial charge in [0.15, 0.2) is 0 Å². The highest BCUT2D eigenvalue weighted by atomic mass is 32.2. The van der Waals surface area contributed by atoms with E-state index in [0.29, 0.717) is 25.8 Å². The minimum atomic E-state index is -0.972. The largest absolute Gasteiger partial charge is 0.480 e. The van der Waals surface area contributed by atoms with Crippen LogP contribution in [0.5, 0.6) is 0 Å². The van der Waals surface area contributed by atoms with Crippen LogP contribution >= 0.6 is 11.8 Å². The Bertz CT molecular complexity index is 715. The molecule has 1 aromatic rings. The smallest absolute Gasteiger partial charge is 0.326 e. The molecule has 31 heavy (non-hydrogen) atoms. The highest BCUT2D eigenvalue weighted by Gasteiger charge is 2.33. The molecule has 3 atom stereocenters. The van der Waals surface area contributed by atoms with Gasteiger partial charge in [0.2, 0.25) is 5.91 Å². The van der Waals surface area contributed by atoms with Gasteiger partial charge in [0, 0.05) is 6.54 Å². The molecule has 0 radical (unpaired) electrons. The lowest BCUT2D eigenvalue weighted by Crippen LogP contribution is -2.55. The van der Waals surface area contributed by atoms with Crippen LogP contribution in [0.3, 0.4) is 0 Å². The molecule has 1 aliphatic rings. The van der Waals surface area contributed by atoms with Crippen LogP contribution in [-0.2, 0) is 25.5 Å². The Balaban J connectivity index is 2.07. The summed E-state index contributed by atoms with van der Waals surface area (Å²) in [5, 5.41) is 12.8. The number of methoxy groups -OCH3 is 1. The minimum absolute atomic E-state index is 0.283. The van der Waals surface area contributed by atoms with E-state index < -0.39 is 30.1 Å². The van der Waals surface area contributed by atoms with Crippen molar-refractivity contribution in [1.29, 1.82) is 0 Å². The molecule has 1 unspecified atom stereocenters. The SMILES string of the molecule is COC(=O)[C@H](CCc1ccccc1)NC(C)C(=O)N1CCCCSCCC[C@H]1C(=O)O. The molecule has 0 spiro atoms. The van der Waals surface area contributed by atoms with Crippen molar-refractivity contribution in [3.8, 4) is 0 Å². The van der Waals surface area contributed by atoms with E-state index >= 15 is 0 Å². The van der Waals surface area contributed by atoms with Gasteiger partial charge in [-0.25, -0.2) is 4.79 Å². The van der Waals surface area contributed by atoms with Gasteiger partial charge >= 0.3 is 11.9 Å². The van der Waals surface area contributed by atoms with Crippen molar-refractivity contribution in [1.82, 2.24) is 10.2 Å². The summed E-state index contributed by atoms with van der Waals surface area (Å²) in [6.45, 7) is 2.10. The fourth-order valence-corrected chi connectivity index (χ4v) is 4.77. The van der Waals surface area contributed by atoms with Crippen LogP contribution in [0.15, 0.2) is 30.3 Å². The molecule has 172 valence electrons. The third kappa shape index (κ3) is 8.18. The van der Waals surface area contributed by atoms with Crippen molar-refractivity contribution in [2.45, 2.75) is 63.6 Å². The van der Waals surface area contributed by atoms with Crippen molar-refractivity contribution >= 4 is 29.6 Å². The van der Waals surface area contributed by atoms with E-state index in [2.05, 4.69) is 5.32 Å². The van der Waals surface area contributed by atoms with Crippen molar-refractivity contribution < 1.29 is 24.2 Å². The minimum Gasteiger partial charge on any atom is -0.480 e. The van der Waals surface area contributed by atoms with Crippen molar-refractivity contribution in [3.05, 3.63) is 35.9 Å². The molecule has 7 nitrogen and oxygen atoms in total. The predicted molar refractivity (Wildman–Crippen MR) is 122 cm³/mol. The highest BCUT2D eigenvalue weighted by Crippen LogP contribution is 2.18. The van der Waals surface area contributed by atoms with Gasteiger partial charge < -0.3 is 14.7 Å². The van der Waals surface area contributed by atoms with Crippen LogP contribution in [-0.4, -0.2) is 71.1 Å². The van der Waals surface area contributed by atoms with Gasteiger partial charge in [-0.3, -0.25) is 14.9 Å². The predicted octanol–water partition coefficient (Wildman–Crippen LogP) is 2.73. The molecule has 1 aromatic carbocycles. The molecule has 8 heteroatoms. The average Bonchev–Trinajstić information content (AvgIpc) is 2.78. The molecule has 1 saturated heterocycles. The molecule has 0 saturated carbocycles. The van der Waals surface area contributed by atoms with Crippen LogP contribution in [0, 0.1) is 0 Å². The summed E-state index contributed by atoms with van der Waals surface area (Å²) in [4.78, 5) is 38.9. The number of nitrogens with zero attached hydrogens (tertiary/aromatic N) is 1. The second-order valence-corrected chi connectivity index (χ2v) is 9.06. The molecule has 1 aliphatic heterocycles. The Hall–Kier alpha value is -2.06. The van der Waals surface area contributed by atoms with Crippen molar-refractivity contribution in [2.24, 2.45) is 0 Å². The molecule has 1 heterocycles. The number of ether oxygens (including phenoxy) is 1. The first-order valence-corrected chi connectivity index (χ1v) is 12.1. The summed E-state index contributed by atoms with van der Waals surface area (Å²) < 4.78 is 4.93. The Morgan fingerprint density at radius 3 is 2.58 bits per heavy atom. The molecular weight excluding hydrogens is 416 g/mol. The van der Waals surface area contributed by atoms with Crippen LogP contribution in [0.2, 0.25) is 0 Å². The number of carbonyl (C=O) groups excluding carboxylic acids is 2. The zero-order valence-electron chi connectivity index (χ0n) is 18.4. The molecule has 0 bridgehead atoms. The third-order valence-electron chi connectivity index (χ3n) is 5.52. The van der Waals surface area contributed by atoms with E-state index in [4.69, 9.17) is 4.74 Å². The van der Waals surface area contributed by atoms with Crippen LogP contribution in [0.4, 0.5) is 0 Å². The number of carboxylic acid groups (broad SMARTS) is 1. The van der Waals surface area contributed by atoms with Crippen LogP contribution < -0.4 is 5.32 Å². The molecule has 0 aromatic heterocycles. The summed E-state index contributed by atoms with van der Waals surface area (Å²) in [5.74, 6) is 0.248.